The Kier molecular flexibility index (Phi) is 7.38. The molecule has 0 aliphatic heterocycles. The smallest absolute Gasteiger partial charge is 0.306 e. The summed E-state index contributed by atoms with van der Waals surface area (Å²) in [6, 6.07) is 6.43. The van der Waals surface area contributed by atoms with Gasteiger partial charge in [0.05, 0.1) is 10.8 Å². The number of hydrogen-bond acceptors (Lipinski definition) is 4. The molecule has 0 saturated heterocycles. The van der Waals surface area contributed by atoms with Crippen LogP contribution in [0, 0.1) is 17.8 Å². The van der Waals surface area contributed by atoms with E-state index in [1.165, 1.54) is 12.1 Å². The third-order valence-corrected chi connectivity index (χ3v) is 6.27. The molecule has 1 aromatic carbocycles. The van der Waals surface area contributed by atoms with Crippen molar-refractivity contribution in [2.45, 2.75) is 51.0 Å². The third-order valence-electron chi connectivity index (χ3n) is 4.83. The summed E-state index contributed by atoms with van der Waals surface area (Å²) in [5.41, 5.74) is 0.811. The Balaban J connectivity index is 1.84. The summed E-state index contributed by atoms with van der Waals surface area (Å²) in [6.07, 6.45) is 2.23. The molecule has 1 aromatic rings. The average molecular weight is 397 g/mol. The molecule has 1 amide bonds. The predicted molar refractivity (Wildman–Crippen MR) is 101 cm³/mol. The first-order valence-corrected chi connectivity index (χ1v) is 10.8. The lowest BCUT2D eigenvalue weighted by Gasteiger charge is -2.25. The van der Waals surface area contributed by atoms with Gasteiger partial charge in [-0.2, -0.15) is 0 Å². The van der Waals surface area contributed by atoms with E-state index in [-0.39, 0.29) is 28.6 Å². The molecule has 0 atom stereocenters. The number of benzene rings is 1. The van der Waals surface area contributed by atoms with Crippen molar-refractivity contribution in [1.82, 2.24) is 10.0 Å². The van der Waals surface area contributed by atoms with Gasteiger partial charge in [-0.25, -0.2) is 13.1 Å². The summed E-state index contributed by atoms with van der Waals surface area (Å²) in [5.74, 6) is -1.13. The zero-order valence-electron chi connectivity index (χ0n) is 15.8. The van der Waals surface area contributed by atoms with Crippen LogP contribution >= 0.6 is 0 Å². The van der Waals surface area contributed by atoms with Gasteiger partial charge in [-0.05, 0) is 49.3 Å². The van der Waals surface area contributed by atoms with Gasteiger partial charge >= 0.3 is 5.97 Å². The van der Waals surface area contributed by atoms with E-state index in [0.717, 1.165) is 5.56 Å². The molecular formula is C19H28N2O5S. The molecule has 1 saturated carbocycles. The SMILES string of the molecule is CC(C)CNS(=O)(=O)c1ccc(CNC(=O)C2CCC(C(=O)O)CC2)cc1. The number of carbonyl (C=O) groups excluding carboxylic acids is 1. The summed E-state index contributed by atoms with van der Waals surface area (Å²) >= 11 is 0. The van der Waals surface area contributed by atoms with Crippen LogP contribution in [0.4, 0.5) is 0 Å². The summed E-state index contributed by atoms with van der Waals surface area (Å²) in [5, 5.41) is 11.9. The highest BCUT2D eigenvalue weighted by atomic mass is 32.2. The summed E-state index contributed by atoms with van der Waals surface area (Å²) in [4.78, 5) is 23.4. The second kappa shape index (κ2) is 9.32. The third kappa shape index (κ3) is 6.32. The molecule has 1 fully saturated rings. The molecule has 0 aromatic heterocycles. The molecule has 3 N–H and O–H groups in total. The normalized spacial score (nSPS) is 20.4. The maximum absolute atomic E-state index is 12.3. The minimum Gasteiger partial charge on any atom is -0.481 e. The summed E-state index contributed by atoms with van der Waals surface area (Å²) in [6.45, 7) is 4.56. The highest BCUT2D eigenvalue weighted by molar-refractivity contribution is 7.89. The van der Waals surface area contributed by atoms with E-state index in [1.807, 2.05) is 13.8 Å². The van der Waals surface area contributed by atoms with Crippen LogP contribution in [0.5, 0.6) is 0 Å². The summed E-state index contributed by atoms with van der Waals surface area (Å²) < 4.78 is 26.9. The van der Waals surface area contributed by atoms with E-state index in [2.05, 4.69) is 10.0 Å². The second-order valence-electron chi connectivity index (χ2n) is 7.49. The Morgan fingerprint density at radius 2 is 1.63 bits per heavy atom. The van der Waals surface area contributed by atoms with Crippen LogP contribution in [-0.4, -0.2) is 31.9 Å². The minimum atomic E-state index is -3.52. The number of sulfonamides is 1. The average Bonchev–Trinajstić information content (AvgIpc) is 2.65. The molecule has 2 rings (SSSR count). The van der Waals surface area contributed by atoms with Gasteiger partial charge in [0, 0.05) is 19.0 Å². The van der Waals surface area contributed by atoms with Crippen molar-refractivity contribution in [2.75, 3.05) is 6.54 Å². The molecule has 8 heteroatoms. The molecule has 0 radical (unpaired) electrons. The monoisotopic (exact) mass is 396 g/mol. The first-order chi connectivity index (χ1) is 12.7. The topological polar surface area (TPSA) is 113 Å². The molecular weight excluding hydrogens is 368 g/mol. The van der Waals surface area contributed by atoms with Crippen molar-refractivity contribution >= 4 is 21.9 Å². The number of carbonyl (C=O) groups is 2. The van der Waals surface area contributed by atoms with Gasteiger partial charge in [0.15, 0.2) is 0 Å². The standard InChI is InChI=1S/C19H28N2O5S/c1-13(2)11-21-27(25,26)17-9-3-14(4-10-17)12-20-18(22)15-5-7-16(8-6-15)19(23)24/h3-4,9-10,13,15-16,21H,5-8,11-12H2,1-2H3,(H,20,22)(H,23,24). The Labute approximate surface area is 160 Å². The molecule has 1 aliphatic rings. The van der Waals surface area contributed by atoms with Crippen LogP contribution < -0.4 is 10.0 Å². The number of amides is 1. The van der Waals surface area contributed by atoms with Crippen LogP contribution in [0.2, 0.25) is 0 Å². The highest BCUT2D eigenvalue weighted by Crippen LogP contribution is 2.29. The minimum absolute atomic E-state index is 0.0749. The first kappa shape index (κ1) is 21.4. The van der Waals surface area contributed by atoms with Crippen LogP contribution in [-0.2, 0) is 26.2 Å². The van der Waals surface area contributed by atoms with E-state index >= 15 is 0 Å². The zero-order chi connectivity index (χ0) is 20.0. The Bertz CT molecular complexity index is 751. The van der Waals surface area contributed by atoms with Crippen LogP contribution in [0.25, 0.3) is 0 Å². The number of rotatable bonds is 8. The fourth-order valence-electron chi connectivity index (χ4n) is 3.08. The van der Waals surface area contributed by atoms with Gasteiger partial charge in [0.1, 0.15) is 0 Å². The predicted octanol–water partition coefficient (Wildman–Crippen LogP) is 2.13. The van der Waals surface area contributed by atoms with Gasteiger partial charge in [-0.1, -0.05) is 26.0 Å². The van der Waals surface area contributed by atoms with Crippen molar-refractivity contribution in [3.8, 4) is 0 Å². The maximum Gasteiger partial charge on any atom is 0.306 e. The first-order valence-electron chi connectivity index (χ1n) is 9.28. The van der Waals surface area contributed by atoms with Crippen LogP contribution in [0.3, 0.4) is 0 Å². The lowest BCUT2D eigenvalue weighted by atomic mass is 9.81. The van der Waals surface area contributed by atoms with Gasteiger partial charge in [0.25, 0.3) is 0 Å². The number of carboxylic acids is 1. The zero-order valence-corrected chi connectivity index (χ0v) is 16.6. The van der Waals surface area contributed by atoms with Gasteiger partial charge in [0.2, 0.25) is 15.9 Å². The quantitative estimate of drug-likeness (QED) is 0.623. The second-order valence-corrected chi connectivity index (χ2v) is 9.26. The van der Waals surface area contributed by atoms with E-state index in [4.69, 9.17) is 5.11 Å². The lowest BCUT2D eigenvalue weighted by molar-refractivity contribution is -0.144. The van der Waals surface area contributed by atoms with Gasteiger partial charge < -0.3 is 10.4 Å². The van der Waals surface area contributed by atoms with E-state index in [9.17, 15) is 18.0 Å². The van der Waals surface area contributed by atoms with Crippen molar-refractivity contribution in [2.24, 2.45) is 17.8 Å². The Hall–Kier alpha value is -1.93. The van der Waals surface area contributed by atoms with Crippen molar-refractivity contribution in [3.05, 3.63) is 29.8 Å². The molecule has 150 valence electrons. The molecule has 27 heavy (non-hydrogen) atoms. The molecule has 0 heterocycles. The molecule has 0 unspecified atom stereocenters. The molecule has 0 bridgehead atoms. The van der Waals surface area contributed by atoms with Crippen molar-refractivity contribution < 1.29 is 23.1 Å². The van der Waals surface area contributed by atoms with Crippen molar-refractivity contribution in [3.63, 3.8) is 0 Å². The van der Waals surface area contributed by atoms with E-state index in [0.29, 0.717) is 38.8 Å². The van der Waals surface area contributed by atoms with Crippen molar-refractivity contribution in [1.29, 1.82) is 0 Å². The largest absolute Gasteiger partial charge is 0.481 e. The number of nitrogens with one attached hydrogen (secondary N) is 2. The maximum atomic E-state index is 12.3. The lowest BCUT2D eigenvalue weighted by Crippen LogP contribution is -2.34. The molecule has 7 nitrogen and oxygen atoms in total. The Morgan fingerprint density at radius 3 is 2.15 bits per heavy atom. The fraction of sp³-hybridized carbons (Fsp3) is 0.579. The Morgan fingerprint density at radius 1 is 1.07 bits per heavy atom. The highest BCUT2D eigenvalue weighted by Gasteiger charge is 2.29. The number of carboxylic acid groups (broad SMARTS) is 1. The molecule has 1 aliphatic carbocycles. The number of aliphatic carboxylic acids is 1. The van der Waals surface area contributed by atoms with E-state index < -0.39 is 16.0 Å². The number of hydrogen-bond donors (Lipinski definition) is 3. The molecule has 0 spiro atoms. The summed E-state index contributed by atoms with van der Waals surface area (Å²) in [7, 11) is -3.52. The van der Waals surface area contributed by atoms with Crippen LogP contribution in [0.1, 0.15) is 45.1 Å². The van der Waals surface area contributed by atoms with E-state index in [1.54, 1.807) is 12.1 Å². The van der Waals surface area contributed by atoms with Gasteiger partial charge in [-0.15, -0.1) is 0 Å². The fourth-order valence-corrected chi connectivity index (χ4v) is 4.30. The van der Waals surface area contributed by atoms with Gasteiger partial charge in [-0.3, -0.25) is 9.59 Å². The van der Waals surface area contributed by atoms with Crippen LogP contribution in [0.15, 0.2) is 29.2 Å².